The van der Waals surface area contributed by atoms with Crippen LogP contribution in [0.3, 0.4) is 0 Å². The van der Waals surface area contributed by atoms with Crippen molar-refractivity contribution < 1.29 is 14.3 Å². The maximum atomic E-state index is 12.1. The number of carbonyl (C=O) groups is 2. The fourth-order valence-corrected chi connectivity index (χ4v) is 2.41. The molecule has 1 aromatic rings. The molecule has 0 spiro atoms. The van der Waals surface area contributed by atoms with Crippen molar-refractivity contribution in [3.8, 4) is 0 Å². The predicted molar refractivity (Wildman–Crippen MR) is 84.3 cm³/mol. The minimum atomic E-state index is -0.544. The molecule has 2 rings (SSSR count). The van der Waals surface area contributed by atoms with Crippen LogP contribution in [0.25, 0.3) is 0 Å². The fourth-order valence-electron chi connectivity index (χ4n) is 2.15. The molecule has 1 N–H and O–H groups in total. The maximum Gasteiger partial charge on any atom is 0.407 e. The molecule has 1 aliphatic heterocycles. The largest absolute Gasteiger partial charge is 0.444 e. The summed E-state index contributed by atoms with van der Waals surface area (Å²) in [5.41, 5.74) is 0.287. The van der Waals surface area contributed by atoms with Gasteiger partial charge in [-0.3, -0.25) is 4.79 Å². The van der Waals surface area contributed by atoms with Crippen molar-refractivity contribution in [3.05, 3.63) is 28.7 Å². The van der Waals surface area contributed by atoms with Gasteiger partial charge in [-0.05, 0) is 45.0 Å². The van der Waals surface area contributed by atoms with Gasteiger partial charge in [0, 0.05) is 23.1 Å². The van der Waals surface area contributed by atoms with E-state index in [1.54, 1.807) is 25.7 Å². The standard InChI is InChI=1S/C15H19BrN2O3/c1-15(2,3)21-14(20)17-11-8-13(19)18(9-11)12-6-4-10(16)5-7-12/h4-7,11H,8-9H2,1-3H3,(H,17,20)/t11-/m0/s1. The lowest BCUT2D eigenvalue weighted by molar-refractivity contribution is -0.117. The van der Waals surface area contributed by atoms with Crippen LogP contribution in [-0.2, 0) is 9.53 Å². The Morgan fingerprint density at radius 3 is 2.52 bits per heavy atom. The van der Waals surface area contributed by atoms with E-state index in [-0.39, 0.29) is 18.4 Å². The number of nitrogens with one attached hydrogen (secondary N) is 1. The number of carbonyl (C=O) groups excluding carboxylic acids is 2. The van der Waals surface area contributed by atoms with Crippen molar-refractivity contribution in [1.29, 1.82) is 0 Å². The van der Waals surface area contributed by atoms with Gasteiger partial charge in [-0.15, -0.1) is 0 Å². The van der Waals surface area contributed by atoms with Gasteiger partial charge < -0.3 is 15.0 Å². The molecule has 114 valence electrons. The molecule has 0 aliphatic carbocycles. The summed E-state index contributed by atoms with van der Waals surface area (Å²) in [6.07, 6.45) is -0.201. The average Bonchev–Trinajstić information content (AvgIpc) is 2.68. The van der Waals surface area contributed by atoms with Crippen LogP contribution in [0.2, 0.25) is 0 Å². The van der Waals surface area contributed by atoms with Crippen molar-refractivity contribution >= 4 is 33.6 Å². The molecule has 1 atom stereocenters. The lowest BCUT2D eigenvalue weighted by Gasteiger charge is -2.22. The number of ether oxygens (including phenoxy) is 1. The highest BCUT2D eigenvalue weighted by atomic mass is 79.9. The minimum Gasteiger partial charge on any atom is -0.444 e. The van der Waals surface area contributed by atoms with Crippen LogP contribution in [0.5, 0.6) is 0 Å². The Morgan fingerprint density at radius 1 is 1.33 bits per heavy atom. The molecule has 0 saturated carbocycles. The van der Waals surface area contributed by atoms with Gasteiger partial charge in [0.25, 0.3) is 0 Å². The Labute approximate surface area is 132 Å². The van der Waals surface area contributed by atoms with Gasteiger partial charge in [0.1, 0.15) is 5.60 Å². The zero-order valence-corrected chi connectivity index (χ0v) is 13.9. The molecule has 6 heteroatoms. The number of hydrogen-bond acceptors (Lipinski definition) is 3. The molecule has 21 heavy (non-hydrogen) atoms. The third-order valence-electron chi connectivity index (χ3n) is 2.98. The molecule has 1 saturated heterocycles. The number of rotatable bonds is 2. The summed E-state index contributed by atoms with van der Waals surface area (Å²) in [5.74, 6) is -0.00150. The van der Waals surface area contributed by atoms with Crippen LogP contribution in [0.15, 0.2) is 28.7 Å². The summed E-state index contributed by atoms with van der Waals surface area (Å²) < 4.78 is 6.17. The van der Waals surface area contributed by atoms with Gasteiger partial charge in [-0.2, -0.15) is 0 Å². The van der Waals surface area contributed by atoms with Crippen LogP contribution < -0.4 is 10.2 Å². The smallest absolute Gasteiger partial charge is 0.407 e. The third-order valence-corrected chi connectivity index (χ3v) is 3.51. The second-order valence-corrected chi connectivity index (χ2v) is 6.94. The Kier molecular flexibility index (Phi) is 4.56. The molecular formula is C15H19BrN2O3. The van der Waals surface area contributed by atoms with Gasteiger partial charge in [0.05, 0.1) is 6.04 Å². The minimum absolute atomic E-state index is 0.00150. The van der Waals surface area contributed by atoms with E-state index in [9.17, 15) is 9.59 Å². The number of nitrogens with zero attached hydrogens (tertiary/aromatic N) is 1. The summed E-state index contributed by atoms with van der Waals surface area (Å²) in [7, 11) is 0. The molecule has 1 aliphatic rings. The first-order valence-corrected chi connectivity index (χ1v) is 7.59. The van der Waals surface area contributed by atoms with E-state index in [0.29, 0.717) is 6.54 Å². The molecule has 0 bridgehead atoms. The number of benzene rings is 1. The van der Waals surface area contributed by atoms with Crippen molar-refractivity contribution in [2.45, 2.75) is 38.8 Å². The quantitative estimate of drug-likeness (QED) is 0.887. The predicted octanol–water partition coefficient (Wildman–Crippen LogP) is 3.08. The summed E-state index contributed by atoms with van der Waals surface area (Å²) in [4.78, 5) is 25.5. The third kappa shape index (κ3) is 4.46. The number of alkyl carbamates (subject to hydrolysis) is 1. The van der Waals surface area contributed by atoms with E-state index < -0.39 is 11.7 Å². The van der Waals surface area contributed by atoms with Gasteiger partial charge in [0.2, 0.25) is 5.91 Å². The van der Waals surface area contributed by atoms with E-state index >= 15 is 0 Å². The summed E-state index contributed by atoms with van der Waals surface area (Å²) in [6.45, 7) is 5.88. The molecule has 0 unspecified atom stereocenters. The lowest BCUT2D eigenvalue weighted by Crippen LogP contribution is -2.40. The highest BCUT2D eigenvalue weighted by Crippen LogP contribution is 2.23. The normalized spacial score (nSPS) is 18.8. The average molecular weight is 355 g/mol. The first kappa shape index (κ1) is 15.8. The lowest BCUT2D eigenvalue weighted by atomic mass is 10.2. The van der Waals surface area contributed by atoms with E-state index in [2.05, 4.69) is 21.2 Å². The van der Waals surface area contributed by atoms with Crippen LogP contribution >= 0.6 is 15.9 Å². The molecule has 2 amide bonds. The van der Waals surface area contributed by atoms with Crippen molar-refractivity contribution in [1.82, 2.24) is 5.32 Å². The van der Waals surface area contributed by atoms with Crippen LogP contribution in [-0.4, -0.2) is 30.2 Å². The first-order valence-electron chi connectivity index (χ1n) is 6.80. The Balaban J connectivity index is 1.96. The van der Waals surface area contributed by atoms with Gasteiger partial charge in [0.15, 0.2) is 0 Å². The van der Waals surface area contributed by atoms with Crippen LogP contribution in [0, 0.1) is 0 Å². The molecular weight excluding hydrogens is 336 g/mol. The molecule has 1 aromatic carbocycles. The summed E-state index contributed by atoms with van der Waals surface area (Å²) in [5, 5.41) is 2.74. The van der Waals surface area contributed by atoms with E-state index in [1.165, 1.54) is 0 Å². The topological polar surface area (TPSA) is 58.6 Å². The van der Waals surface area contributed by atoms with Gasteiger partial charge in [-0.1, -0.05) is 15.9 Å². The molecule has 1 fully saturated rings. The van der Waals surface area contributed by atoms with E-state index in [1.807, 2.05) is 24.3 Å². The van der Waals surface area contributed by atoms with Gasteiger partial charge >= 0.3 is 6.09 Å². The zero-order chi connectivity index (χ0) is 15.6. The Hall–Kier alpha value is -1.56. The Morgan fingerprint density at radius 2 is 1.95 bits per heavy atom. The zero-order valence-electron chi connectivity index (χ0n) is 12.4. The Bertz CT molecular complexity index is 537. The summed E-state index contributed by atoms with van der Waals surface area (Å²) in [6, 6.07) is 7.29. The highest BCUT2D eigenvalue weighted by molar-refractivity contribution is 9.10. The number of halogens is 1. The number of anilines is 1. The monoisotopic (exact) mass is 354 g/mol. The first-order chi connectivity index (χ1) is 9.74. The van der Waals surface area contributed by atoms with E-state index in [0.717, 1.165) is 10.2 Å². The molecule has 1 heterocycles. The summed E-state index contributed by atoms with van der Waals surface area (Å²) >= 11 is 3.36. The number of amides is 2. The molecule has 0 aromatic heterocycles. The second-order valence-electron chi connectivity index (χ2n) is 6.03. The van der Waals surface area contributed by atoms with Gasteiger partial charge in [-0.25, -0.2) is 4.79 Å². The van der Waals surface area contributed by atoms with Crippen molar-refractivity contribution in [3.63, 3.8) is 0 Å². The fraction of sp³-hybridized carbons (Fsp3) is 0.467. The molecule has 0 radical (unpaired) electrons. The van der Waals surface area contributed by atoms with Crippen molar-refractivity contribution in [2.24, 2.45) is 0 Å². The highest BCUT2D eigenvalue weighted by Gasteiger charge is 2.32. The second kappa shape index (κ2) is 6.05. The maximum absolute atomic E-state index is 12.1. The molecule has 5 nitrogen and oxygen atoms in total. The SMILES string of the molecule is CC(C)(C)OC(=O)N[C@H]1CC(=O)N(c2ccc(Br)cc2)C1. The van der Waals surface area contributed by atoms with Crippen LogP contribution in [0.4, 0.5) is 10.5 Å². The van der Waals surface area contributed by atoms with E-state index in [4.69, 9.17) is 4.74 Å². The van der Waals surface area contributed by atoms with Crippen LogP contribution in [0.1, 0.15) is 27.2 Å². The van der Waals surface area contributed by atoms with Crippen molar-refractivity contribution in [2.75, 3.05) is 11.4 Å². The number of hydrogen-bond donors (Lipinski definition) is 1.